The monoisotopic (exact) mass is 395 g/mol. The van der Waals surface area contributed by atoms with E-state index in [0.29, 0.717) is 12.2 Å². The highest BCUT2D eigenvalue weighted by molar-refractivity contribution is 5.94. The molecule has 3 rings (SSSR count). The van der Waals surface area contributed by atoms with Crippen LogP contribution in [0.2, 0.25) is 0 Å². The number of hydrogen-bond acceptors (Lipinski definition) is 4. The molecule has 1 aliphatic rings. The van der Waals surface area contributed by atoms with Crippen molar-refractivity contribution in [3.05, 3.63) is 53.7 Å². The van der Waals surface area contributed by atoms with Gasteiger partial charge in [0, 0.05) is 37.8 Å². The molecule has 0 saturated carbocycles. The first-order chi connectivity index (χ1) is 13.9. The van der Waals surface area contributed by atoms with Crippen molar-refractivity contribution in [2.24, 2.45) is 0 Å². The van der Waals surface area contributed by atoms with E-state index in [1.807, 2.05) is 62.1 Å². The van der Waals surface area contributed by atoms with Gasteiger partial charge in [-0.15, -0.1) is 0 Å². The highest BCUT2D eigenvalue weighted by atomic mass is 16.2. The van der Waals surface area contributed by atoms with Gasteiger partial charge in [0.15, 0.2) is 0 Å². The molecular weight excluding hydrogens is 366 g/mol. The van der Waals surface area contributed by atoms with Crippen molar-refractivity contribution in [1.29, 1.82) is 0 Å². The molecule has 0 aliphatic carbocycles. The summed E-state index contributed by atoms with van der Waals surface area (Å²) >= 11 is 0. The molecule has 0 radical (unpaired) electrons. The molecule has 154 valence electrons. The Balaban J connectivity index is 1.58. The molecule has 1 aromatic carbocycles. The van der Waals surface area contributed by atoms with E-state index < -0.39 is 0 Å². The van der Waals surface area contributed by atoms with Crippen LogP contribution in [-0.4, -0.2) is 54.0 Å². The van der Waals surface area contributed by atoms with E-state index in [2.05, 4.69) is 20.5 Å². The number of aromatic nitrogens is 1. The van der Waals surface area contributed by atoms with Crippen molar-refractivity contribution in [3.8, 4) is 0 Å². The minimum absolute atomic E-state index is 0.0740. The summed E-state index contributed by atoms with van der Waals surface area (Å²) in [6.45, 7) is 8.79. The first-order valence-corrected chi connectivity index (χ1v) is 10.1. The van der Waals surface area contributed by atoms with Crippen molar-refractivity contribution >= 4 is 23.4 Å². The van der Waals surface area contributed by atoms with Gasteiger partial charge in [-0.3, -0.25) is 4.79 Å². The van der Waals surface area contributed by atoms with Crippen LogP contribution < -0.4 is 15.5 Å². The van der Waals surface area contributed by atoms with Gasteiger partial charge in [-0.1, -0.05) is 17.7 Å². The molecule has 0 bridgehead atoms. The van der Waals surface area contributed by atoms with Gasteiger partial charge in [0.25, 0.3) is 5.91 Å². The zero-order valence-electron chi connectivity index (χ0n) is 17.3. The molecule has 1 saturated heterocycles. The smallest absolute Gasteiger partial charge is 0.319 e. The second-order valence-corrected chi connectivity index (χ2v) is 7.66. The number of carbonyl (C=O) groups is 2. The third-order valence-electron chi connectivity index (χ3n) is 4.83. The second kappa shape index (κ2) is 9.41. The molecule has 0 spiro atoms. The number of urea groups is 1. The predicted octanol–water partition coefficient (Wildman–Crippen LogP) is 3.27. The Morgan fingerprint density at radius 2 is 1.76 bits per heavy atom. The molecule has 1 fully saturated rings. The molecule has 2 heterocycles. The molecule has 3 amide bonds. The van der Waals surface area contributed by atoms with E-state index in [-0.39, 0.29) is 18.0 Å². The average molecular weight is 396 g/mol. The third kappa shape index (κ3) is 5.70. The minimum Gasteiger partial charge on any atom is -0.355 e. The predicted molar refractivity (Wildman–Crippen MR) is 115 cm³/mol. The minimum atomic E-state index is -0.241. The number of nitrogens with zero attached hydrogens (tertiary/aromatic N) is 3. The number of anilines is 2. The molecular formula is C22H29N5O2. The van der Waals surface area contributed by atoms with Gasteiger partial charge in [-0.2, -0.15) is 0 Å². The fourth-order valence-corrected chi connectivity index (χ4v) is 3.30. The Bertz CT molecular complexity index is 833. The van der Waals surface area contributed by atoms with E-state index in [4.69, 9.17) is 0 Å². The standard InChI is InChI=1S/C22H29N5O2/c1-16(2)24-22(29)25-19-9-10-20(23-15-19)26-11-4-12-27(14-13-26)21(28)18-7-5-17(3)6-8-18/h5-10,15-16H,4,11-14H2,1-3H3,(H2,24,25,29). The van der Waals surface area contributed by atoms with Gasteiger partial charge < -0.3 is 20.4 Å². The molecule has 1 aromatic heterocycles. The zero-order valence-corrected chi connectivity index (χ0v) is 17.3. The summed E-state index contributed by atoms with van der Waals surface area (Å²) in [4.78, 5) is 33.2. The SMILES string of the molecule is Cc1ccc(C(=O)N2CCCN(c3ccc(NC(=O)NC(C)C)cn3)CC2)cc1. The quantitative estimate of drug-likeness (QED) is 0.833. The number of hydrogen-bond donors (Lipinski definition) is 2. The summed E-state index contributed by atoms with van der Waals surface area (Å²) in [5.41, 5.74) is 2.53. The normalized spacial score (nSPS) is 14.5. The fraction of sp³-hybridized carbons (Fsp3) is 0.409. The molecule has 7 nitrogen and oxygen atoms in total. The number of benzene rings is 1. The van der Waals surface area contributed by atoms with Crippen LogP contribution in [-0.2, 0) is 0 Å². The van der Waals surface area contributed by atoms with Gasteiger partial charge in [-0.05, 0) is 51.5 Å². The van der Waals surface area contributed by atoms with E-state index in [1.54, 1.807) is 6.20 Å². The fourth-order valence-electron chi connectivity index (χ4n) is 3.30. The van der Waals surface area contributed by atoms with Crippen LogP contribution in [0.3, 0.4) is 0 Å². The Morgan fingerprint density at radius 1 is 1.00 bits per heavy atom. The summed E-state index contributed by atoms with van der Waals surface area (Å²) in [5, 5.41) is 5.56. The zero-order chi connectivity index (χ0) is 20.8. The van der Waals surface area contributed by atoms with Crippen molar-refractivity contribution in [2.45, 2.75) is 33.2 Å². The lowest BCUT2D eigenvalue weighted by molar-refractivity contribution is 0.0767. The summed E-state index contributed by atoms with van der Waals surface area (Å²) in [5.74, 6) is 0.931. The molecule has 29 heavy (non-hydrogen) atoms. The molecule has 0 unspecified atom stereocenters. The van der Waals surface area contributed by atoms with E-state index in [0.717, 1.165) is 43.0 Å². The number of rotatable bonds is 4. The van der Waals surface area contributed by atoms with Crippen LogP contribution in [0.25, 0.3) is 0 Å². The van der Waals surface area contributed by atoms with Gasteiger partial charge in [0.05, 0.1) is 11.9 Å². The summed E-state index contributed by atoms with van der Waals surface area (Å²) < 4.78 is 0. The van der Waals surface area contributed by atoms with Crippen molar-refractivity contribution in [3.63, 3.8) is 0 Å². The van der Waals surface area contributed by atoms with Crippen LogP contribution in [0.5, 0.6) is 0 Å². The van der Waals surface area contributed by atoms with Gasteiger partial charge in [0.1, 0.15) is 5.82 Å². The van der Waals surface area contributed by atoms with Crippen molar-refractivity contribution < 1.29 is 9.59 Å². The van der Waals surface area contributed by atoms with Gasteiger partial charge in [-0.25, -0.2) is 9.78 Å². The van der Waals surface area contributed by atoms with Crippen LogP contribution in [0.1, 0.15) is 36.2 Å². The van der Waals surface area contributed by atoms with E-state index in [9.17, 15) is 9.59 Å². The van der Waals surface area contributed by atoms with E-state index in [1.165, 1.54) is 0 Å². The molecule has 7 heteroatoms. The van der Waals surface area contributed by atoms with Gasteiger partial charge >= 0.3 is 6.03 Å². The number of pyridine rings is 1. The molecule has 2 aromatic rings. The second-order valence-electron chi connectivity index (χ2n) is 7.66. The maximum atomic E-state index is 12.8. The Kier molecular flexibility index (Phi) is 6.69. The Labute approximate surface area is 172 Å². The van der Waals surface area contributed by atoms with Crippen LogP contribution >= 0.6 is 0 Å². The average Bonchev–Trinajstić information content (AvgIpc) is 2.94. The maximum Gasteiger partial charge on any atom is 0.319 e. The lowest BCUT2D eigenvalue weighted by Crippen LogP contribution is -2.35. The highest BCUT2D eigenvalue weighted by Gasteiger charge is 2.21. The Hall–Kier alpha value is -3.09. The maximum absolute atomic E-state index is 12.8. The van der Waals surface area contributed by atoms with E-state index >= 15 is 0 Å². The Morgan fingerprint density at radius 3 is 2.41 bits per heavy atom. The summed E-state index contributed by atoms with van der Waals surface area (Å²) in [7, 11) is 0. The van der Waals surface area contributed by atoms with Gasteiger partial charge in [0.2, 0.25) is 0 Å². The lowest BCUT2D eigenvalue weighted by Gasteiger charge is -2.23. The molecule has 2 N–H and O–H groups in total. The lowest BCUT2D eigenvalue weighted by atomic mass is 10.1. The van der Waals surface area contributed by atoms with Crippen molar-refractivity contribution in [1.82, 2.24) is 15.2 Å². The molecule has 0 atom stereocenters. The molecule has 1 aliphatic heterocycles. The number of nitrogens with one attached hydrogen (secondary N) is 2. The largest absolute Gasteiger partial charge is 0.355 e. The van der Waals surface area contributed by atoms with Crippen LogP contribution in [0, 0.1) is 6.92 Å². The number of carbonyl (C=O) groups excluding carboxylic acids is 2. The van der Waals surface area contributed by atoms with Crippen molar-refractivity contribution in [2.75, 3.05) is 36.4 Å². The highest BCUT2D eigenvalue weighted by Crippen LogP contribution is 2.17. The van der Waals surface area contributed by atoms with Crippen LogP contribution in [0.15, 0.2) is 42.6 Å². The topological polar surface area (TPSA) is 77.6 Å². The summed E-state index contributed by atoms with van der Waals surface area (Å²) in [6.07, 6.45) is 2.55. The number of aryl methyl sites for hydroxylation is 1. The third-order valence-corrected chi connectivity index (χ3v) is 4.83. The summed E-state index contributed by atoms with van der Waals surface area (Å²) in [6, 6.07) is 11.3. The first kappa shape index (κ1) is 20.6. The first-order valence-electron chi connectivity index (χ1n) is 10.1. The number of amides is 3. The van der Waals surface area contributed by atoms with Crippen LogP contribution in [0.4, 0.5) is 16.3 Å².